The number of hydrogen-bond acceptors (Lipinski definition) is 3. The first-order valence-electron chi connectivity index (χ1n) is 7.39. The molecular formula is C15H19BrN2O3S. The van der Waals surface area contributed by atoms with E-state index in [2.05, 4.69) is 21.2 Å². The molecule has 0 radical (unpaired) electrons. The van der Waals surface area contributed by atoms with Gasteiger partial charge < -0.3 is 5.32 Å². The molecule has 0 aliphatic carbocycles. The molecule has 120 valence electrons. The lowest BCUT2D eigenvalue weighted by atomic mass is 9.99. The minimum atomic E-state index is -3.16. The average Bonchev–Trinajstić information content (AvgIpc) is 2.71. The molecule has 0 aromatic heterocycles. The van der Waals surface area contributed by atoms with E-state index in [4.69, 9.17) is 0 Å². The van der Waals surface area contributed by atoms with Gasteiger partial charge in [0.05, 0.1) is 6.26 Å². The highest BCUT2D eigenvalue weighted by Gasteiger charge is 2.45. The zero-order valence-electron chi connectivity index (χ0n) is 12.3. The Morgan fingerprint density at radius 1 is 1.27 bits per heavy atom. The van der Waals surface area contributed by atoms with Gasteiger partial charge in [-0.1, -0.05) is 22.0 Å². The number of hydrogen-bond donors (Lipinski definition) is 1. The first kappa shape index (κ1) is 16.0. The Labute approximate surface area is 139 Å². The molecule has 0 spiro atoms. The molecule has 2 saturated heterocycles. The van der Waals surface area contributed by atoms with Crippen molar-refractivity contribution in [3.8, 4) is 0 Å². The molecule has 2 atom stereocenters. The van der Waals surface area contributed by atoms with Crippen LogP contribution in [-0.2, 0) is 10.0 Å². The second kappa shape index (κ2) is 5.94. The number of carbonyl (C=O) groups is 1. The SMILES string of the molecule is CS(=O)(=O)N1C2CCC1CC(NC(=O)c1cccc(Br)c1)C2. The zero-order chi connectivity index (χ0) is 15.9. The molecule has 2 aliphatic heterocycles. The summed E-state index contributed by atoms with van der Waals surface area (Å²) in [5.41, 5.74) is 0.618. The van der Waals surface area contributed by atoms with Crippen molar-refractivity contribution in [2.75, 3.05) is 6.26 Å². The molecule has 3 rings (SSSR count). The third kappa shape index (κ3) is 3.21. The van der Waals surface area contributed by atoms with E-state index < -0.39 is 10.0 Å². The maximum Gasteiger partial charge on any atom is 0.251 e. The highest BCUT2D eigenvalue weighted by atomic mass is 79.9. The van der Waals surface area contributed by atoms with E-state index in [9.17, 15) is 13.2 Å². The van der Waals surface area contributed by atoms with Gasteiger partial charge in [-0.25, -0.2) is 8.42 Å². The van der Waals surface area contributed by atoms with Crippen molar-refractivity contribution in [1.82, 2.24) is 9.62 Å². The molecule has 2 fully saturated rings. The number of halogens is 1. The second-order valence-electron chi connectivity index (χ2n) is 6.13. The smallest absolute Gasteiger partial charge is 0.251 e. The summed E-state index contributed by atoms with van der Waals surface area (Å²) in [6, 6.07) is 7.37. The normalized spacial score (nSPS) is 28.5. The molecule has 22 heavy (non-hydrogen) atoms. The van der Waals surface area contributed by atoms with Crippen LogP contribution in [0.5, 0.6) is 0 Å². The number of rotatable bonds is 3. The molecule has 5 nitrogen and oxygen atoms in total. The average molecular weight is 387 g/mol. The molecule has 1 aromatic carbocycles. The van der Waals surface area contributed by atoms with Gasteiger partial charge in [0.2, 0.25) is 10.0 Å². The summed E-state index contributed by atoms with van der Waals surface area (Å²) in [7, 11) is -3.16. The number of amides is 1. The van der Waals surface area contributed by atoms with Crippen molar-refractivity contribution in [2.45, 2.75) is 43.8 Å². The maximum absolute atomic E-state index is 12.3. The summed E-state index contributed by atoms with van der Waals surface area (Å²) in [4.78, 5) is 12.3. The third-order valence-electron chi connectivity index (χ3n) is 4.47. The van der Waals surface area contributed by atoms with Gasteiger partial charge in [0, 0.05) is 28.2 Å². The van der Waals surface area contributed by atoms with E-state index in [1.807, 2.05) is 12.1 Å². The van der Waals surface area contributed by atoms with Crippen molar-refractivity contribution in [1.29, 1.82) is 0 Å². The Morgan fingerprint density at radius 2 is 1.91 bits per heavy atom. The number of fused-ring (bicyclic) bond motifs is 2. The summed E-state index contributed by atoms with van der Waals surface area (Å²) in [6.07, 6.45) is 4.45. The van der Waals surface area contributed by atoms with Crippen molar-refractivity contribution < 1.29 is 13.2 Å². The number of nitrogens with zero attached hydrogens (tertiary/aromatic N) is 1. The van der Waals surface area contributed by atoms with Crippen LogP contribution in [0.1, 0.15) is 36.0 Å². The Kier molecular flexibility index (Phi) is 4.31. The minimum absolute atomic E-state index is 0.0292. The highest BCUT2D eigenvalue weighted by molar-refractivity contribution is 9.10. The van der Waals surface area contributed by atoms with Gasteiger partial charge in [-0.05, 0) is 43.9 Å². The van der Waals surface area contributed by atoms with Gasteiger partial charge >= 0.3 is 0 Å². The summed E-state index contributed by atoms with van der Waals surface area (Å²) in [5.74, 6) is -0.0986. The van der Waals surface area contributed by atoms with E-state index in [-0.39, 0.29) is 24.0 Å². The molecule has 1 amide bonds. The van der Waals surface area contributed by atoms with E-state index in [0.717, 1.165) is 17.3 Å². The number of nitrogens with one attached hydrogen (secondary N) is 1. The Morgan fingerprint density at radius 3 is 2.45 bits per heavy atom. The molecule has 2 bridgehead atoms. The highest BCUT2D eigenvalue weighted by Crippen LogP contribution is 2.37. The standard InChI is InChI=1S/C15H19BrN2O3S/c1-22(20,21)18-13-5-6-14(18)9-12(8-13)17-15(19)10-3-2-4-11(16)7-10/h2-4,7,12-14H,5-6,8-9H2,1H3,(H,17,19). The van der Waals surface area contributed by atoms with Gasteiger partial charge in [-0.3, -0.25) is 4.79 Å². The van der Waals surface area contributed by atoms with Gasteiger partial charge in [-0.2, -0.15) is 4.31 Å². The van der Waals surface area contributed by atoms with Crippen LogP contribution in [0.2, 0.25) is 0 Å². The summed E-state index contributed by atoms with van der Waals surface area (Å²) in [6.45, 7) is 0. The fourth-order valence-electron chi connectivity index (χ4n) is 3.69. The monoisotopic (exact) mass is 386 g/mol. The van der Waals surface area contributed by atoms with Crippen LogP contribution in [0.25, 0.3) is 0 Å². The number of benzene rings is 1. The van der Waals surface area contributed by atoms with Crippen LogP contribution in [0.4, 0.5) is 0 Å². The summed E-state index contributed by atoms with van der Waals surface area (Å²) >= 11 is 3.36. The van der Waals surface area contributed by atoms with Crippen molar-refractivity contribution >= 4 is 31.9 Å². The summed E-state index contributed by atoms with van der Waals surface area (Å²) < 4.78 is 26.3. The lowest BCUT2D eigenvalue weighted by Crippen LogP contribution is -2.52. The maximum atomic E-state index is 12.3. The van der Waals surface area contributed by atoms with E-state index >= 15 is 0 Å². The largest absolute Gasteiger partial charge is 0.349 e. The van der Waals surface area contributed by atoms with E-state index in [1.54, 1.807) is 16.4 Å². The van der Waals surface area contributed by atoms with Crippen LogP contribution < -0.4 is 5.32 Å². The first-order chi connectivity index (χ1) is 10.3. The molecule has 2 aliphatic rings. The second-order valence-corrected chi connectivity index (χ2v) is 8.93. The Balaban J connectivity index is 1.68. The molecular weight excluding hydrogens is 368 g/mol. The lowest BCUT2D eigenvalue weighted by Gasteiger charge is -2.37. The molecule has 2 unspecified atom stereocenters. The van der Waals surface area contributed by atoms with Crippen molar-refractivity contribution in [3.05, 3.63) is 34.3 Å². The quantitative estimate of drug-likeness (QED) is 0.864. The van der Waals surface area contributed by atoms with Gasteiger partial charge in [-0.15, -0.1) is 0 Å². The number of piperidine rings is 1. The van der Waals surface area contributed by atoms with Crippen LogP contribution in [0.15, 0.2) is 28.7 Å². The molecule has 1 N–H and O–H groups in total. The minimum Gasteiger partial charge on any atom is -0.349 e. The molecule has 0 saturated carbocycles. The number of sulfonamides is 1. The van der Waals surface area contributed by atoms with Gasteiger partial charge in [0.1, 0.15) is 0 Å². The predicted molar refractivity (Wildman–Crippen MR) is 88.1 cm³/mol. The van der Waals surface area contributed by atoms with Crippen LogP contribution in [0.3, 0.4) is 0 Å². The van der Waals surface area contributed by atoms with E-state index in [1.165, 1.54) is 6.26 Å². The molecule has 2 heterocycles. The molecule has 1 aromatic rings. The Bertz CT molecular complexity index is 678. The van der Waals surface area contributed by atoms with Gasteiger partial charge in [0.25, 0.3) is 5.91 Å². The first-order valence-corrected chi connectivity index (χ1v) is 10.0. The van der Waals surface area contributed by atoms with Crippen molar-refractivity contribution in [3.63, 3.8) is 0 Å². The van der Waals surface area contributed by atoms with Gasteiger partial charge in [0.15, 0.2) is 0 Å². The zero-order valence-corrected chi connectivity index (χ0v) is 14.7. The topological polar surface area (TPSA) is 66.5 Å². The fraction of sp³-hybridized carbons (Fsp3) is 0.533. The fourth-order valence-corrected chi connectivity index (χ4v) is 5.56. The predicted octanol–water partition coefficient (Wildman–Crippen LogP) is 2.13. The van der Waals surface area contributed by atoms with E-state index in [0.29, 0.717) is 18.4 Å². The molecule has 7 heteroatoms. The summed E-state index contributed by atoms with van der Waals surface area (Å²) in [5, 5.41) is 3.05. The number of carbonyl (C=O) groups excluding carboxylic acids is 1. The lowest BCUT2D eigenvalue weighted by molar-refractivity contribution is 0.0909. The third-order valence-corrected chi connectivity index (χ3v) is 6.33. The van der Waals surface area contributed by atoms with Crippen LogP contribution in [-0.4, -0.2) is 43.0 Å². The van der Waals surface area contributed by atoms with Crippen molar-refractivity contribution in [2.24, 2.45) is 0 Å². The Hall–Kier alpha value is -0.920. The van der Waals surface area contributed by atoms with Crippen LogP contribution in [0, 0.1) is 0 Å². The van der Waals surface area contributed by atoms with Crippen LogP contribution >= 0.6 is 15.9 Å².